The zero-order valence-corrected chi connectivity index (χ0v) is 15.2. The van der Waals surface area contributed by atoms with Crippen LogP contribution >= 0.6 is 0 Å². The van der Waals surface area contributed by atoms with Gasteiger partial charge in [-0.2, -0.15) is 8.42 Å². The van der Waals surface area contributed by atoms with Crippen LogP contribution in [-0.2, 0) is 19.7 Å². The molecule has 1 aromatic carbocycles. The average Bonchev–Trinajstić information content (AvgIpc) is 2.55. The van der Waals surface area contributed by atoms with E-state index < -0.39 is 21.0 Å². The summed E-state index contributed by atoms with van der Waals surface area (Å²) < 4.78 is 36.4. The van der Waals surface area contributed by atoms with E-state index in [2.05, 4.69) is 12.2 Å². The minimum atomic E-state index is -4.50. The molecular weight excluding hydrogens is 346 g/mol. The summed E-state index contributed by atoms with van der Waals surface area (Å²) in [6.07, 6.45) is 6.69. The first kappa shape index (κ1) is 21.1. The number of esters is 1. The van der Waals surface area contributed by atoms with Gasteiger partial charge in [0.1, 0.15) is 11.4 Å². The highest BCUT2D eigenvalue weighted by Crippen LogP contribution is 2.22. The SMILES string of the molecule is CCCCCCCCC(=O)NCC(=O)Oc1ccccc1S(=O)(=O)O. The molecule has 7 nitrogen and oxygen atoms in total. The lowest BCUT2D eigenvalue weighted by Gasteiger charge is -2.08. The van der Waals surface area contributed by atoms with Gasteiger partial charge in [-0.15, -0.1) is 0 Å². The Balaban J connectivity index is 2.35. The van der Waals surface area contributed by atoms with Crippen LogP contribution in [0.5, 0.6) is 5.75 Å². The van der Waals surface area contributed by atoms with E-state index in [0.29, 0.717) is 6.42 Å². The summed E-state index contributed by atoms with van der Waals surface area (Å²) in [7, 11) is -4.50. The lowest BCUT2D eigenvalue weighted by molar-refractivity contribution is -0.135. The second-order valence-electron chi connectivity index (χ2n) is 5.69. The van der Waals surface area contributed by atoms with Crippen LogP contribution in [0.1, 0.15) is 51.9 Å². The molecule has 0 bridgehead atoms. The number of carbonyl (C=O) groups excluding carboxylic acids is 2. The Morgan fingerprint density at radius 2 is 1.72 bits per heavy atom. The molecule has 0 saturated carbocycles. The molecule has 0 atom stereocenters. The Morgan fingerprint density at radius 3 is 2.40 bits per heavy atom. The van der Waals surface area contributed by atoms with E-state index >= 15 is 0 Å². The van der Waals surface area contributed by atoms with E-state index in [1.807, 2.05) is 0 Å². The minimum Gasteiger partial charge on any atom is -0.424 e. The van der Waals surface area contributed by atoms with Crippen LogP contribution in [0.25, 0.3) is 0 Å². The highest BCUT2D eigenvalue weighted by molar-refractivity contribution is 7.86. The molecule has 0 aliphatic rings. The molecule has 8 heteroatoms. The highest BCUT2D eigenvalue weighted by Gasteiger charge is 2.18. The third-order valence-corrected chi connectivity index (χ3v) is 4.43. The molecule has 0 radical (unpaired) electrons. The molecule has 0 aliphatic heterocycles. The fraction of sp³-hybridized carbons (Fsp3) is 0.529. The predicted octanol–water partition coefficient (Wildman–Crippen LogP) is 2.71. The number of benzene rings is 1. The average molecular weight is 371 g/mol. The monoisotopic (exact) mass is 371 g/mol. The van der Waals surface area contributed by atoms with Gasteiger partial charge < -0.3 is 10.1 Å². The maximum absolute atomic E-state index is 11.7. The molecule has 0 fully saturated rings. The molecule has 0 unspecified atom stereocenters. The van der Waals surface area contributed by atoms with E-state index in [4.69, 9.17) is 9.29 Å². The third-order valence-electron chi connectivity index (χ3n) is 3.54. The number of nitrogens with one attached hydrogen (secondary N) is 1. The molecule has 1 rings (SSSR count). The minimum absolute atomic E-state index is 0.254. The van der Waals surface area contributed by atoms with Crippen molar-refractivity contribution in [2.45, 2.75) is 56.8 Å². The number of para-hydroxylation sites is 1. The topological polar surface area (TPSA) is 110 Å². The van der Waals surface area contributed by atoms with E-state index in [1.165, 1.54) is 31.0 Å². The number of rotatable bonds is 11. The zero-order chi connectivity index (χ0) is 18.7. The summed E-state index contributed by atoms with van der Waals surface area (Å²) in [4.78, 5) is 22.9. The number of hydrogen-bond donors (Lipinski definition) is 2. The Labute approximate surface area is 148 Å². The lowest BCUT2D eigenvalue weighted by atomic mass is 10.1. The highest BCUT2D eigenvalue weighted by atomic mass is 32.2. The Morgan fingerprint density at radius 1 is 1.08 bits per heavy atom. The second kappa shape index (κ2) is 10.8. The van der Waals surface area contributed by atoms with Crippen LogP contribution in [0.3, 0.4) is 0 Å². The standard InChI is InChI=1S/C17H25NO6S/c1-2-3-4-5-6-7-12-16(19)18-13-17(20)24-14-10-8-9-11-15(14)25(21,22)23/h8-11H,2-7,12-13H2,1H3,(H,18,19)(H,21,22,23). The Bertz CT molecular complexity index is 671. The van der Waals surface area contributed by atoms with Crippen LogP contribution in [0.15, 0.2) is 29.2 Å². The first-order valence-electron chi connectivity index (χ1n) is 8.38. The van der Waals surface area contributed by atoms with Gasteiger partial charge in [-0.1, -0.05) is 51.2 Å². The summed E-state index contributed by atoms with van der Waals surface area (Å²) in [6.45, 7) is 1.77. The Kier molecular flexibility index (Phi) is 9.15. The van der Waals surface area contributed by atoms with Gasteiger partial charge in [0.05, 0.1) is 0 Å². The molecule has 1 aromatic rings. The van der Waals surface area contributed by atoms with E-state index in [9.17, 15) is 18.0 Å². The second-order valence-corrected chi connectivity index (χ2v) is 7.08. The predicted molar refractivity (Wildman–Crippen MR) is 92.9 cm³/mol. The Hall–Kier alpha value is -1.93. The normalized spacial score (nSPS) is 11.1. The maximum atomic E-state index is 11.7. The van der Waals surface area contributed by atoms with Gasteiger partial charge in [0.15, 0.2) is 5.75 Å². The van der Waals surface area contributed by atoms with Crippen molar-refractivity contribution in [3.8, 4) is 5.75 Å². The number of carbonyl (C=O) groups is 2. The van der Waals surface area contributed by atoms with Crippen molar-refractivity contribution >= 4 is 22.0 Å². The molecule has 0 aliphatic carbocycles. The van der Waals surface area contributed by atoms with Crippen LogP contribution in [0.4, 0.5) is 0 Å². The molecular formula is C17H25NO6S. The molecule has 2 N–H and O–H groups in total. The molecule has 1 amide bonds. The van der Waals surface area contributed by atoms with Gasteiger partial charge in [0.2, 0.25) is 5.91 Å². The van der Waals surface area contributed by atoms with Gasteiger partial charge in [0.25, 0.3) is 10.1 Å². The summed E-state index contributed by atoms with van der Waals surface area (Å²) in [5.74, 6) is -1.34. The van der Waals surface area contributed by atoms with Crippen LogP contribution < -0.4 is 10.1 Å². The van der Waals surface area contributed by atoms with Crippen molar-refractivity contribution in [1.29, 1.82) is 0 Å². The van der Waals surface area contributed by atoms with Crippen molar-refractivity contribution in [2.75, 3.05) is 6.54 Å². The third kappa shape index (κ3) is 8.64. The van der Waals surface area contributed by atoms with Crippen molar-refractivity contribution in [1.82, 2.24) is 5.32 Å². The largest absolute Gasteiger partial charge is 0.424 e. The number of hydrogen-bond acceptors (Lipinski definition) is 5. The summed E-state index contributed by atoms with van der Waals surface area (Å²) in [5.41, 5.74) is 0. The van der Waals surface area contributed by atoms with E-state index in [-0.39, 0.29) is 18.2 Å². The van der Waals surface area contributed by atoms with Crippen LogP contribution in [-0.4, -0.2) is 31.4 Å². The van der Waals surface area contributed by atoms with Gasteiger partial charge in [-0.25, -0.2) is 4.79 Å². The molecule has 0 heterocycles. The van der Waals surface area contributed by atoms with Gasteiger partial charge in [-0.3, -0.25) is 9.35 Å². The van der Waals surface area contributed by atoms with Crippen molar-refractivity contribution in [2.24, 2.45) is 0 Å². The van der Waals surface area contributed by atoms with Crippen molar-refractivity contribution < 1.29 is 27.3 Å². The fourth-order valence-corrected chi connectivity index (χ4v) is 2.85. The van der Waals surface area contributed by atoms with Crippen LogP contribution in [0.2, 0.25) is 0 Å². The van der Waals surface area contributed by atoms with Gasteiger partial charge in [0, 0.05) is 6.42 Å². The summed E-state index contributed by atoms with van der Waals surface area (Å²) in [5, 5.41) is 2.44. The molecule has 0 saturated heterocycles. The quantitative estimate of drug-likeness (QED) is 0.268. The molecule has 25 heavy (non-hydrogen) atoms. The van der Waals surface area contributed by atoms with Crippen molar-refractivity contribution in [3.05, 3.63) is 24.3 Å². The smallest absolute Gasteiger partial charge is 0.330 e. The number of amides is 1. The first-order valence-corrected chi connectivity index (χ1v) is 9.82. The number of unbranched alkanes of at least 4 members (excludes halogenated alkanes) is 5. The first-order chi connectivity index (χ1) is 11.8. The van der Waals surface area contributed by atoms with Gasteiger partial charge >= 0.3 is 5.97 Å². The van der Waals surface area contributed by atoms with Crippen molar-refractivity contribution in [3.63, 3.8) is 0 Å². The lowest BCUT2D eigenvalue weighted by Crippen LogP contribution is -2.31. The summed E-state index contributed by atoms with van der Waals surface area (Å²) in [6, 6.07) is 5.23. The summed E-state index contributed by atoms with van der Waals surface area (Å²) >= 11 is 0. The number of ether oxygens (including phenoxy) is 1. The van der Waals surface area contributed by atoms with Crippen LogP contribution in [0, 0.1) is 0 Å². The molecule has 0 spiro atoms. The van der Waals surface area contributed by atoms with Gasteiger partial charge in [-0.05, 0) is 18.6 Å². The van der Waals surface area contributed by atoms with E-state index in [1.54, 1.807) is 0 Å². The maximum Gasteiger partial charge on any atom is 0.330 e. The molecule has 0 aromatic heterocycles. The zero-order valence-electron chi connectivity index (χ0n) is 14.4. The molecule has 140 valence electrons. The fourth-order valence-electron chi connectivity index (χ4n) is 2.23. The van der Waals surface area contributed by atoms with E-state index in [0.717, 1.165) is 31.7 Å².